The van der Waals surface area contributed by atoms with E-state index in [1.54, 1.807) is 23.2 Å². The Hall–Kier alpha value is -2.56. The smallest absolute Gasteiger partial charge is 0.266 e. The van der Waals surface area contributed by atoms with Gasteiger partial charge in [0.2, 0.25) is 6.54 Å². The number of carbonyl (C=O) groups is 1. The Balaban J connectivity index is 1.84. The van der Waals surface area contributed by atoms with Gasteiger partial charge in [-0.2, -0.15) is 9.67 Å². The summed E-state index contributed by atoms with van der Waals surface area (Å²) in [5.41, 5.74) is 3.30. The van der Waals surface area contributed by atoms with E-state index < -0.39 is 0 Å². The average Bonchev–Trinajstić information content (AvgIpc) is 2.41. The van der Waals surface area contributed by atoms with Crippen molar-refractivity contribution in [3.05, 3.63) is 60.7 Å². The molecule has 0 radical (unpaired) electrons. The van der Waals surface area contributed by atoms with Crippen molar-refractivity contribution in [1.82, 2.24) is 10.4 Å². The minimum atomic E-state index is -0.175. The maximum atomic E-state index is 11.5. The van der Waals surface area contributed by atoms with E-state index in [9.17, 15) is 4.79 Å². The number of rotatable bonds is 4. The number of nitrogens with zero attached hydrogens (tertiary/aromatic N) is 3. The van der Waals surface area contributed by atoms with E-state index in [-0.39, 0.29) is 12.5 Å². The average molecular weight is 241 g/mol. The number of hydrazone groups is 1. The number of amides is 1. The highest BCUT2D eigenvalue weighted by Gasteiger charge is 2.06. The van der Waals surface area contributed by atoms with Gasteiger partial charge >= 0.3 is 5.91 Å². The van der Waals surface area contributed by atoms with Crippen LogP contribution in [0.4, 0.5) is 0 Å². The number of nitrogens with one attached hydrogen (secondary N) is 1. The van der Waals surface area contributed by atoms with Crippen molar-refractivity contribution >= 4 is 12.1 Å². The molecule has 0 saturated heterocycles. The van der Waals surface area contributed by atoms with Gasteiger partial charge in [-0.1, -0.05) is 12.1 Å². The van der Waals surface area contributed by atoms with Crippen LogP contribution in [-0.2, 0) is 11.3 Å². The van der Waals surface area contributed by atoms with Gasteiger partial charge in [0.05, 0.1) is 6.21 Å². The molecule has 2 heterocycles. The highest BCUT2D eigenvalue weighted by atomic mass is 16.2. The molecule has 18 heavy (non-hydrogen) atoms. The lowest BCUT2D eigenvalue weighted by molar-refractivity contribution is -0.684. The maximum Gasteiger partial charge on any atom is 0.305 e. The Kier molecular flexibility index (Phi) is 4.13. The van der Waals surface area contributed by atoms with Crippen LogP contribution in [0.3, 0.4) is 0 Å². The SMILES string of the molecule is O=C(C[n+]1ccccc1)N/N=C\c1cccnc1. The largest absolute Gasteiger partial charge is 0.305 e. The first-order valence-corrected chi connectivity index (χ1v) is 5.50. The number of aromatic nitrogens is 2. The van der Waals surface area contributed by atoms with Crippen molar-refractivity contribution in [1.29, 1.82) is 0 Å². The van der Waals surface area contributed by atoms with E-state index in [4.69, 9.17) is 0 Å². The van der Waals surface area contributed by atoms with E-state index >= 15 is 0 Å². The predicted molar refractivity (Wildman–Crippen MR) is 66.6 cm³/mol. The molecule has 2 rings (SSSR count). The summed E-state index contributed by atoms with van der Waals surface area (Å²) in [6, 6.07) is 9.30. The second-order valence-corrected chi connectivity index (χ2v) is 3.63. The molecule has 5 nitrogen and oxygen atoms in total. The molecule has 0 bridgehead atoms. The minimum absolute atomic E-state index is 0.175. The first kappa shape index (κ1) is 11.9. The third kappa shape index (κ3) is 3.79. The molecule has 0 aliphatic heterocycles. The highest BCUT2D eigenvalue weighted by Crippen LogP contribution is 1.89. The molecule has 90 valence electrons. The van der Waals surface area contributed by atoms with Crippen LogP contribution in [0.25, 0.3) is 0 Å². The third-order valence-corrected chi connectivity index (χ3v) is 2.19. The molecule has 0 unspecified atom stereocenters. The van der Waals surface area contributed by atoms with Gasteiger partial charge in [0.15, 0.2) is 12.4 Å². The van der Waals surface area contributed by atoms with E-state index in [0.29, 0.717) is 0 Å². The number of pyridine rings is 2. The fraction of sp³-hybridized carbons (Fsp3) is 0.0769. The summed E-state index contributed by atoms with van der Waals surface area (Å²) in [5, 5.41) is 3.86. The summed E-state index contributed by atoms with van der Waals surface area (Å²) in [7, 11) is 0. The molecular weight excluding hydrogens is 228 g/mol. The third-order valence-electron chi connectivity index (χ3n) is 2.19. The molecule has 0 aromatic carbocycles. The highest BCUT2D eigenvalue weighted by molar-refractivity contribution is 5.81. The Morgan fingerprint density at radius 1 is 1.33 bits per heavy atom. The second-order valence-electron chi connectivity index (χ2n) is 3.63. The van der Waals surface area contributed by atoms with Crippen LogP contribution in [0.5, 0.6) is 0 Å². The Morgan fingerprint density at radius 3 is 2.89 bits per heavy atom. The van der Waals surface area contributed by atoms with Crippen LogP contribution in [0.1, 0.15) is 5.56 Å². The van der Waals surface area contributed by atoms with Crippen LogP contribution < -0.4 is 9.99 Å². The molecule has 2 aromatic rings. The first-order valence-electron chi connectivity index (χ1n) is 5.50. The van der Waals surface area contributed by atoms with Crippen molar-refractivity contribution < 1.29 is 9.36 Å². The van der Waals surface area contributed by atoms with Gasteiger partial charge in [-0.05, 0) is 6.07 Å². The Labute approximate surface area is 105 Å². The Morgan fingerprint density at radius 2 is 2.17 bits per heavy atom. The number of hydrogen-bond acceptors (Lipinski definition) is 3. The number of carbonyl (C=O) groups excluding carboxylic acids is 1. The van der Waals surface area contributed by atoms with Gasteiger partial charge in [0.25, 0.3) is 0 Å². The summed E-state index contributed by atoms with van der Waals surface area (Å²) in [6.07, 6.45) is 8.55. The van der Waals surface area contributed by atoms with Gasteiger partial charge in [-0.15, -0.1) is 0 Å². The first-order chi connectivity index (χ1) is 8.84. The lowest BCUT2D eigenvalue weighted by atomic mass is 10.3. The second kappa shape index (κ2) is 6.24. The van der Waals surface area contributed by atoms with Crippen LogP contribution >= 0.6 is 0 Å². The minimum Gasteiger partial charge on any atom is -0.266 e. The van der Waals surface area contributed by atoms with Crippen molar-refractivity contribution in [3.8, 4) is 0 Å². The molecule has 1 amide bonds. The zero-order valence-corrected chi connectivity index (χ0v) is 9.73. The van der Waals surface area contributed by atoms with E-state index in [0.717, 1.165) is 5.56 Å². The standard InChI is InChI=1S/C13H12N4O/c18-13(11-17-7-2-1-3-8-17)16-15-10-12-5-4-6-14-9-12/h1-10H,11H2/p+1/b15-10-. The lowest BCUT2D eigenvalue weighted by Crippen LogP contribution is -2.40. The van der Waals surface area contributed by atoms with Crippen molar-refractivity contribution in [2.75, 3.05) is 0 Å². The maximum absolute atomic E-state index is 11.5. The molecular formula is C13H13N4O+. The van der Waals surface area contributed by atoms with E-state index in [2.05, 4.69) is 15.5 Å². The quantitative estimate of drug-likeness (QED) is 0.482. The van der Waals surface area contributed by atoms with Crippen molar-refractivity contribution in [3.63, 3.8) is 0 Å². The summed E-state index contributed by atoms with van der Waals surface area (Å²) >= 11 is 0. The van der Waals surface area contributed by atoms with Crippen LogP contribution in [0.15, 0.2) is 60.2 Å². The van der Waals surface area contributed by atoms with Crippen molar-refractivity contribution in [2.24, 2.45) is 5.10 Å². The molecule has 1 N–H and O–H groups in total. The zero-order valence-electron chi connectivity index (χ0n) is 9.73. The molecule has 2 aromatic heterocycles. The monoisotopic (exact) mass is 241 g/mol. The lowest BCUT2D eigenvalue weighted by Gasteiger charge is -1.96. The molecule has 0 saturated carbocycles. The molecule has 0 aliphatic rings. The van der Waals surface area contributed by atoms with Gasteiger partial charge in [-0.3, -0.25) is 9.78 Å². The normalized spacial score (nSPS) is 10.4. The summed E-state index contributed by atoms with van der Waals surface area (Å²) in [4.78, 5) is 15.5. The van der Waals surface area contributed by atoms with Gasteiger partial charge < -0.3 is 0 Å². The molecule has 5 heteroatoms. The Bertz CT molecular complexity index is 525. The van der Waals surface area contributed by atoms with Crippen LogP contribution in [0.2, 0.25) is 0 Å². The van der Waals surface area contributed by atoms with Crippen LogP contribution in [-0.4, -0.2) is 17.1 Å². The predicted octanol–water partition coefficient (Wildman–Crippen LogP) is 0.519. The fourth-order valence-electron chi connectivity index (χ4n) is 1.37. The van der Waals surface area contributed by atoms with Gasteiger partial charge in [0, 0.05) is 30.1 Å². The topological polar surface area (TPSA) is 58.2 Å². The van der Waals surface area contributed by atoms with E-state index in [1.165, 1.54) is 0 Å². The van der Waals surface area contributed by atoms with Gasteiger partial charge in [0.1, 0.15) is 0 Å². The summed E-state index contributed by atoms with van der Waals surface area (Å²) in [6.45, 7) is 0.241. The molecule has 0 spiro atoms. The molecule has 0 fully saturated rings. The summed E-state index contributed by atoms with van der Waals surface area (Å²) in [5.74, 6) is -0.175. The van der Waals surface area contributed by atoms with Crippen molar-refractivity contribution in [2.45, 2.75) is 6.54 Å². The fourth-order valence-corrected chi connectivity index (χ4v) is 1.37. The molecule has 0 atom stereocenters. The zero-order chi connectivity index (χ0) is 12.6. The molecule has 0 aliphatic carbocycles. The summed E-state index contributed by atoms with van der Waals surface area (Å²) < 4.78 is 1.77. The van der Waals surface area contributed by atoms with Gasteiger partial charge in [-0.25, -0.2) is 5.43 Å². The number of hydrogen-bond donors (Lipinski definition) is 1. The van der Waals surface area contributed by atoms with E-state index in [1.807, 2.05) is 42.7 Å². The van der Waals surface area contributed by atoms with Crippen LogP contribution in [0, 0.1) is 0 Å².